The molecular weight excluding hydrogens is 222 g/mol. The third-order valence-corrected chi connectivity index (χ3v) is 2.37. The van der Waals surface area contributed by atoms with Gasteiger partial charge in [-0.05, 0) is 6.42 Å². The van der Waals surface area contributed by atoms with Crippen LogP contribution < -0.4 is 11.1 Å². The van der Waals surface area contributed by atoms with Crippen LogP contribution in [0.4, 0.5) is 11.6 Å². The van der Waals surface area contributed by atoms with Crippen LogP contribution in [0.5, 0.6) is 0 Å². The molecule has 1 aromatic heterocycles. The number of nitrogens with zero attached hydrogens (tertiary/aromatic N) is 3. The minimum atomic E-state index is -0.527. The van der Waals surface area contributed by atoms with Crippen molar-refractivity contribution in [3.05, 3.63) is 22.5 Å². The molecule has 0 saturated carbocycles. The molecule has 0 aromatic carbocycles. The summed E-state index contributed by atoms with van der Waals surface area (Å²) in [6.45, 7) is 2.59. The fourth-order valence-corrected chi connectivity index (χ4v) is 1.37. The van der Waals surface area contributed by atoms with Gasteiger partial charge in [-0.2, -0.15) is 0 Å². The first-order valence-corrected chi connectivity index (χ1v) is 5.60. The molecule has 1 heterocycles. The van der Waals surface area contributed by atoms with E-state index in [2.05, 4.69) is 22.2 Å². The largest absolute Gasteiger partial charge is 0.350 e. The predicted molar refractivity (Wildman–Crippen MR) is 64.7 cm³/mol. The lowest BCUT2D eigenvalue weighted by Crippen LogP contribution is -2.29. The zero-order chi connectivity index (χ0) is 12.7. The van der Waals surface area contributed by atoms with Crippen LogP contribution in [0.3, 0.4) is 0 Å². The number of hydrogen-bond acceptors (Lipinski definition) is 6. The number of hydrogen-bond donors (Lipinski definition) is 2. The fraction of sp³-hybridized carbons (Fsp3) is 0.600. The second-order valence-corrected chi connectivity index (χ2v) is 3.74. The Balaban J connectivity index is 2.57. The van der Waals surface area contributed by atoms with Crippen LogP contribution in [0, 0.1) is 10.1 Å². The standard InChI is InChI=1S/C10H17N5O2/c1-2-3-4-8(5-11)14-10-12-6-9(7-13-10)15(16)17/h6-8H,2-5,11H2,1H3,(H,12,13,14). The van der Waals surface area contributed by atoms with E-state index in [4.69, 9.17) is 5.73 Å². The first-order valence-electron chi connectivity index (χ1n) is 5.60. The maximum atomic E-state index is 10.4. The molecule has 0 spiro atoms. The topological polar surface area (TPSA) is 107 Å². The van der Waals surface area contributed by atoms with E-state index in [1.807, 2.05) is 0 Å². The van der Waals surface area contributed by atoms with Crippen molar-refractivity contribution in [2.45, 2.75) is 32.2 Å². The summed E-state index contributed by atoms with van der Waals surface area (Å²) in [7, 11) is 0. The van der Waals surface area contributed by atoms with Crippen LogP contribution in [0.2, 0.25) is 0 Å². The number of rotatable bonds is 7. The summed E-state index contributed by atoms with van der Waals surface area (Å²) >= 11 is 0. The highest BCUT2D eigenvalue weighted by molar-refractivity contribution is 5.31. The molecule has 7 heteroatoms. The van der Waals surface area contributed by atoms with Gasteiger partial charge in [-0.25, -0.2) is 9.97 Å². The first kappa shape index (κ1) is 13.3. The molecule has 0 aliphatic carbocycles. The molecule has 0 bridgehead atoms. The van der Waals surface area contributed by atoms with Gasteiger partial charge in [0.1, 0.15) is 12.4 Å². The Labute approximate surface area is 99.6 Å². The smallest absolute Gasteiger partial charge is 0.305 e. The van der Waals surface area contributed by atoms with Gasteiger partial charge in [-0.3, -0.25) is 10.1 Å². The highest BCUT2D eigenvalue weighted by Crippen LogP contribution is 2.10. The fourth-order valence-electron chi connectivity index (χ4n) is 1.37. The molecule has 0 aliphatic rings. The van der Waals surface area contributed by atoms with Crippen LogP contribution >= 0.6 is 0 Å². The Morgan fingerprint density at radius 2 is 2.18 bits per heavy atom. The number of anilines is 1. The van der Waals surface area contributed by atoms with Gasteiger partial charge in [0.15, 0.2) is 0 Å². The maximum absolute atomic E-state index is 10.4. The van der Waals surface area contributed by atoms with Crippen molar-refractivity contribution in [3.63, 3.8) is 0 Å². The lowest BCUT2D eigenvalue weighted by molar-refractivity contribution is -0.385. The highest BCUT2D eigenvalue weighted by atomic mass is 16.6. The third-order valence-electron chi connectivity index (χ3n) is 2.37. The van der Waals surface area contributed by atoms with E-state index in [0.717, 1.165) is 19.3 Å². The molecule has 0 fully saturated rings. The summed E-state index contributed by atoms with van der Waals surface area (Å²) in [5.74, 6) is 0.377. The zero-order valence-electron chi connectivity index (χ0n) is 9.80. The summed E-state index contributed by atoms with van der Waals surface area (Å²) in [4.78, 5) is 17.6. The molecular formula is C10H17N5O2. The average Bonchev–Trinajstić information content (AvgIpc) is 2.35. The Hall–Kier alpha value is -1.76. The number of nitrogens with two attached hydrogens (primary N) is 1. The average molecular weight is 239 g/mol. The van der Waals surface area contributed by atoms with E-state index >= 15 is 0 Å². The molecule has 1 aromatic rings. The number of nitrogens with one attached hydrogen (secondary N) is 1. The second kappa shape index (κ2) is 6.74. The van der Waals surface area contributed by atoms with Crippen LogP contribution in [-0.4, -0.2) is 27.5 Å². The normalized spacial score (nSPS) is 12.1. The van der Waals surface area contributed by atoms with Crippen molar-refractivity contribution in [2.24, 2.45) is 5.73 Å². The van der Waals surface area contributed by atoms with E-state index in [-0.39, 0.29) is 11.7 Å². The van der Waals surface area contributed by atoms with Gasteiger partial charge >= 0.3 is 5.69 Å². The van der Waals surface area contributed by atoms with Crippen molar-refractivity contribution in [1.29, 1.82) is 0 Å². The summed E-state index contributed by atoms with van der Waals surface area (Å²) in [6.07, 6.45) is 5.47. The lowest BCUT2D eigenvalue weighted by Gasteiger charge is -2.15. The van der Waals surface area contributed by atoms with Gasteiger partial charge in [0.2, 0.25) is 5.95 Å². The van der Waals surface area contributed by atoms with Crippen LogP contribution in [0.15, 0.2) is 12.4 Å². The predicted octanol–water partition coefficient (Wildman–Crippen LogP) is 1.31. The minimum absolute atomic E-state index is 0.108. The summed E-state index contributed by atoms with van der Waals surface area (Å²) < 4.78 is 0. The molecule has 0 aliphatic heterocycles. The summed E-state index contributed by atoms with van der Waals surface area (Å²) in [5, 5.41) is 13.5. The van der Waals surface area contributed by atoms with Crippen LogP contribution in [0.1, 0.15) is 26.2 Å². The van der Waals surface area contributed by atoms with Gasteiger partial charge in [0, 0.05) is 12.6 Å². The Morgan fingerprint density at radius 3 is 2.65 bits per heavy atom. The van der Waals surface area contributed by atoms with Crippen LogP contribution in [0.25, 0.3) is 0 Å². The van der Waals surface area contributed by atoms with Crippen molar-refractivity contribution >= 4 is 11.6 Å². The highest BCUT2D eigenvalue weighted by Gasteiger charge is 2.10. The molecule has 7 nitrogen and oxygen atoms in total. The van der Waals surface area contributed by atoms with Gasteiger partial charge < -0.3 is 11.1 Å². The zero-order valence-corrected chi connectivity index (χ0v) is 9.80. The monoisotopic (exact) mass is 239 g/mol. The van der Waals surface area contributed by atoms with E-state index in [0.29, 0.717) is 12.5 Å². The number of nitro groups is 1. The van der Waals surface area contributed by atoms with Crippen LogP contribution in [-0.2, 0) is 0 Å². The van der Waals surface area contributed by atoms with Gasteiger partial charge in [0.05, 0.1) is 4.92 Å². The number of aromatic nitrogens is 2. The Kier molecular flexibility index (Phi) is 5.28. The van der Waals surface area contributed by atoms with Gasteiger partial charge in [-0.1, -0.05) is 19.8 Å². The van der Waals surface area contributed by atoms with E-state index in [1.165, 1.54) is 12.4 Å². The van der Waals surface area contributed by atoms with E-state index in [9.17, 15) is 10.1 Å². The molecule has 17 heavy (non-hydrogen) atoms. The molecule has 1 atom stereocenters. The number of unbranched alkanes of at least 4 members (excludes halogenated alkanes) is 1. The summed E-state index contributed by atoms with van der Waals surface area (Å²) in [6, 6.07) is 0.108. The Bertz CT molecular complexity index is 354. The molecule has 0 saturated heterocycles. The molecule has 0 radical (unpaired) electrons. The first-order chi connectivity index (χ1) is 8.17. The maximum Gasteiger partial charge on any atom is 0.305 e. The molecule has 1 unspecified atom stereocenters. The second-order valence-electron chi connectivity index (χ2n) is 3.74. The quantitative estimate of drug-likeness (QED) is 0.548. The van der Waals surface area contributed by atoms with Gasteiger partial charge in [-0.15, -0.1) is 0 Å². The van der Waals surface area contributed by atoms with Gasteiger partial charge in [0.25, 0.3) is 0 Å². The van der Waals surface area contributed by atoms with Crippen molar-refractivity contribution < 1.29 is 4.92 Å². The van der Waals surface area contributed by atoms with Crippen molar-refractivity contribution in [3.8, 4) is 0 Å². The molecule has 1 rings (SSSR count). The Morgan fingerprint density at radius 1 is 1.53 bits per heavy atom. The molecule has 3 N–H and O–H groups in total. The molecule has 94 valence electrons. The SMILES string of the molecule is CCCCC(CN)Nc1ncc([N+](=O)[O-])cn1. The molecule has 0 amide bonds. The summed E-state index contributed by atoms with van der Waals surface area (Å²) in [5.41, 5.74) is 5.50. The van der Waals surface area contributed by atoms with E-state index < -0.39 is 4.92 Å². The van der Waals surface area contributed by atoms with Crippen molar-refractivity contribution in [2.75, 3.05) is 11.9 Å². The van der Waals surface area contributed by atoms with Crippen molar-refractivity contribution in [1.82, 2.24) is 9.97 Å². The lowest BCUT2D eigenvalue weighted by atomic mass is 10.1. The third kappa shape index (κ3) is 4.31. The minimum Gasteiger partial charge on any atom is -0.350 e. The van der Waals surface area contributed by atoms with E-state index in [1.54, 1.807) is 0 Å².